The Balaban J connectivity index is 2.03. The molecule has 2 aromatic carbocycles. The molecule has 0 aromatic heterocycles. The van der Waals surface area contributed by atoms with E-state index in [2.05, 4.69) is 9.71 Å². The first-order chi connectivity index (χ1) is 10.1. The summed E-state index contributed by atoms with van der Waals surface area (Å²) in [4.78, 5) is 15.3. The van der Waals surface area contributed by atoms with E-state index in [-0.39, 0.29) is 4.90 Å². The minimum Gasteiger partial charge on any atom is -0.270 e. The van der Waals surface area contributed by atoms with Crippen LogP contribution in [0.25, 0.3) is 10.8 Å². The van der Waals surface area contributed by atoms with Gasteiger partial charge >= 0.3 is 0 Å². The molecule has 2 aromatic rings. The van der Waals surface area contributed by atoms with Gasteiger partial charge in [0.25, 0.3) is 5.91 Å². The molecule has 0 saturated heterocycles. The molecule has 0 bridgehead atoms. The summed E-state index contributed by atoms with van der Waals surface area (Å²) >= 11 is 0. The van der Waals surface area contributed by atoms with Gasteiger partial charge in [0.2, 0.25) is 10.0 Å². The normalized spacial score (nSPS) is 18.3. The third kappa shape index (κ3) is 2.63. The first-order valence-corrected chi connectivity index (χ1v) is 7.81. The van der Waals surface area contributed by atoms with Gasteiger partial charge in [0, 0.05) is 11.6 Å². The summed E-state index contributed by atoms with van der Waals surface area (Å²) in [5.74, 6) is -0.527. The van der Waals surface area contributed by atoms with Crippen molar-refractivity contribution in [3.63, 3.8) is 0 Å². The maximum absolute atomic E-state index is 12.5. The molecule has 1 N–H and O–H groups in total. The van der Waals surface area contributed by atoms with E-state index in [0.717, 1.165) is 5.39 Å². The molecule has 0 radical (unpaired) electrons. The number of hydrogen-bond acceptors (Lipinski definition) is 3. The largest absolute Gasteiger partial charge is 0.270 e. The number of benzene rings is 2. The lowest BCUT2D eigenvalue weighted by Crippen LogP contribution is -2.39. The van der Waals surface area contributed by atoms with Gasteiger partial charge in [0.15, 0.2) is 0 Å². The fourth-order valence-electron chi connectivity index (χ4n) is 2.19. The molecule has 0 aliphatic carbocycles. The molecule has 1 unspecified atom stereocenters. The number of nitrogens with one attached hydrogen (secondary N) is 1. The van der Waals surface area contributed by atoms with E-state index in [1.54, 1.807) is 18.2 Å². The summed E-state index contributed by atoms with van der Waals surface area (Å²) in [6, 6.07) is 11.3. The van der Waals surface area contributed by atoms with Crippen molar-refractivity contribution in [1.82, 2.24) is 4.72 Å². The number of sulfonamides is 1. The average Bonchev–Trinajstić information content (AvgIpc) is 2.49. The molecule has 1 heterocycles. The molecule has 1 aliphatic heterocycles. The van der Waals surface area contributed by atoms with Gasteiger partial charge < -0.3 is 0 Å². The standard InChI is InChI=1S/C15H12N2O3S/c18-15-13(8-4-10-16-15)17-21(19,20)14-9-3-6-11-5-1-2-7-12(11)14/h1-10,13,17H. The Kier molecular flexibility index (Phi) is 3.40. The molecule has 1 aliphatic rings. The van der Waals surface area contributed by atoms with Gasteiger partial charge in [-0.15, -0.1) is 0 Å². The highest BCUT2D eigenvalue weighted by molar-refractivity contribution is 7.89. The average molecular weight is 300 g/mol. The number of aliphatic imine (C=N–C) groups is 1. The van der Waals surface area contributed by atoms with E-state index >= 15 is 0 Å². The van der Waals surface area contributed by atoms with Crippen LogP contribution in [0.3, 0.4) is 0 Å². The summed E-state index contributed by atoms with van der Waals surface area (Å²) in [6.45, 7) is 0. The highest BCUT2D eigenvalue weighted by Crippen LogP contribution is 2.23. The fraction of sp³-hybridized carbons (Fsp3) is 0.0667. The monoisotopic (exact) mass is 300 g/mol. The fourth-order valence-corrected chi connectivity index (χ4v) is 3.56. The van der Waals surface area contributed by atoms with E-state index in [1.165, 1.54) is 24.4 Å². The van der Waals surface area contributed by atoms with Crippen molar-refractivity contribution in [2.45, 2.75) is 10.9 Å². The molecule has 3 rings (SSSR count). The van der Waals surface area contributed by atoms with Crippen molar-refractivity contribution in [2.75, 3.05) is 0 Å². The number of carbonyl (C=O) groups excluding carboxylic acids is 1. The highest BCUT2D eigenvalue weighted by atomic mass is 32.2. The van der Waals surface area contributed by atoms with Gasteiger partial charge in [-0.25, -0.2) is 13.4 Å². The number of allylic oxidation sites excluding steroid dienone is 1. The molecule has 0 saturated carbocycles. The molecular weight excluding hydrogens is 288 g/mol. The molecule has 0 spiro atoms. The van der Waals surface area contributed by atoms with Crippen LogP contribution >= 0.6 is 0 Å². The third-order valence-corrected chi connectivity index (χ3v) is 4.68. The number of fused-ring (bicyclic) bond motifs is 1. The lowest BCUT2D eigenvalue weighted by molar-refractivity contribution is -0.118. The second kappa shape index (κ2) is 5.23. The maximum Gasteiger partial charge on any atom is 0.267 e. The molecule has 5 nitrogen and oxygen atoms in total. The highest BCUT2D eigenvalue weighted by Gasteiger charge is 2.25. The molecule has 0 fully saturated rings. The second-order valence-electron chi connectivity index (χ2n) is 4.58. The van der Waals surface area contributed by atoms with Gasteiger partial charge in [-0.05, 0) is 17.5 Å². The molecular formula is C15H12N2O3S. The first kappa shape index (κ1) is 13.7. The SMILES string of the molecule is O=C1N=CC=CC1NS(=O)(=O)c1cccc2ccccc12. The number of rotatable bonds is 3. The van der Waals surface area contributed by atoms with E-state index in [9.17, 15) is 13.2 Å². The zero-order valence-corrected chi connectivity index (χ0v) is 11.7. The van der Waals surface area contributed by atoms with Gasteiger partial charge in [0.05, 0.1) is 4.90 Å². The van der Waals surface area contributed by atoms with Crippen LogP contribution in [0.1, 0.15) is 0 Å². The topological polar surface area (TPSA) is 75.6 Å². The van der Waals surface area contributed by atoms with Crippen LogP contribution in [0, 0.1) is 0 Å². The number of amides is 1. The molecule has 1 atom stereocenters. The third-order valence-electron chi connectivity index (χ3n) is 3.18. The van der Waals surface area contributed by atoms with Crippen molar-refractivity contribution in [3.8, 4) is 0 Å². The Morgan fingerprint density at radius 2 is 1.81 bits per heavy atom. The predicted octanol–water partition coefficient (Wildman–Crippen LogP) is 1.65. The maximum atomic E-state index is 12.5. The van der Waals surface area contributed by atoms with Crippen LogP contribution in [-0.2, 0) is 14.8 Å². The van der Waals surface area contributed by atoms with Crippen LogP contribution in [0.5, 0.6) is 0 Å². The first-order valence-electron chi connectivity index (χ1n) is 6.33. The lowest BCUT2D eigenvalue weighted by Gasteiger charge is -2.15. The van der Waals surface area contributed by atoms with Gasteiger partial charge in [0.1, 0.15) is 6.04 Å². The smallest absolute Gasteiger partial charge is 0.267 e. The van der Waals surface area contributed by atoms with Crippen molar-refractivity contribution in [1.29, 1.82) is 0 Å². The summed E-state index contributed by atoms with van der Waals surface area (Å²) in [5.41, 5.74) is 0. The second-order valence-corrected chi connectivity index (χ2v) is 6.26. The molecule has 106 valence electrons. The Hall–Kier alpha value is -2.31. The van der Waals surface area contributed by atoms with E-state index in [1.807, 2.05) is 18.2 Å². The quantitative estimate of drug-likeness (QED) is 0.936. The predicted molar refractivity (Wildman–Crippen MR) is 80.7 cm³/mol. The Labute approximate surface area is 122 Å². The van der Waals surface area contributed by atoms with E-state index in [0.29, 0.717) is 5.39 Å². The number of hydrogen-bond donors (Lipinski definition) is 1. The van der Waals surface area contributed by atoms with Crippen molar-refractivity contribution in [3.05, 3.63) is 54.6 Å². The van der Waals surface area contributed by atoms with Crippen LogP contribution in [-0.4, -0.2) is 26.6 Å². The minimum atomic E-state index is -3.82. The van der Waals surface area contributed by atoms with Crippen LogP contribution in [0.15, 0.2) is 64.5 Å². The van der Waals surface area contributed by atoms with Crippen LogP contribution in [0.2, 0.25) is 0 Å². The summed E-state index contributed by atoms with van der Waals surface area (Å²) in [5, 5.41) is 1.44. The van der Waals surface area contributed by atoms with Gasteiger partial charge in [-0.2, -0.15) is 4.72 Å². The zero-order valence-electron chi connectivity index (χ0n) is 10.9. The number of dihydropyridines is 1. The van der Waals surface area contributed by atoms with E-state index < -0.39 is 22.0 Å². The zero-order chi connectivity index (χ0) is 14.9. The summed E-state index contributed by atoms with van der Waals surface area (Å²) in [6.07, 6.45) is 4.35. The van der Waals surface area contributed by atoms with Crippen molar-refractivity contribution < 1.29 is 13.2 Å². The van der Waals surface area contributed by atoms with E-state index in [4.69, 9.17) is 0 Å². The number of carbonyl (C=O) groups is 1. The van der Waals surface area contributed by atoms with Crippen LogP contribution in [0.4, 0.5) is 0 Å². The summed E-state index contributed by atoms with van der Waals surface area (Å²) in [7, 11) is -3.82. The Morgan fingerprint density at radius 1 is 1.05 bits per heavy atom. The van der Waals surface area contributed by atoms with Crippen molar-refractivity contribution in [2.24, 2.45) is 4.99 Å². The Bertz CT molecular complexity index is 864. The molecule has 1 amide bonds. The molecule has 21 heavy (non-hydrogen) atoms. The number of nitrogens with zero attached hydrogens (tertiary/aromatic N) is 1. The Morgan fingerprint density at radius 3 is 2.62 bits per heavy atom. The van der Waals surface area contributed by atoms with Crippen LogP contribution < -0.4 is 4.72 Å². The minimum absolute atomic E-state index is 0.149. The lowest BCUT2D eigenvalue weighted by atomic mass is 10.1. The van der Waals surface area contributed by atoms with Crippen molar-refractivity contribution >= 4 is 32.9 Å². The van der Waals surface area contributed by atoms with Gasteiger partial charge in [-0.3, -0.25) is 4.79 Å². The molecule has 6 heteroatoms. The summed E-state index contributed by atoms with van der Waals surface area (Å²) < 4.78 is 27.4. The van der Waals surface area contributed by atoms with Gasteiger partial charge in [-0.1, -0.05) is 42.5 Å².